The maximum atomic E-state index is 5.94. The van der Waals surface area contributed by atoms with Gasteiger partial charge in [0, 0.05) is 16.0 Å². The molecule has 94 valence electrons. The first kappa shape index (κ1) is 13.3. The molecule has 1 saturated heterocycles. The van der Waals surface area contributed by atoms with E-state index in [0.29, 0.717) is 0 Å². The van der Waals surface area contributed by atoms with Gasteiger partial charge in [-0.05, 0) is 56.1 Å². The van der Waals surface area contributed by atoms with Crippen LogP contribution in [-0.2, 0) is 6.54 Å². The summed E-state index contributed by atoms with van der Waals surface area (Å²) in [6.45, 7) is 4.13. The Labute approximate surface area is 116 Å². The number of piperidine rings is 1. The van der Waals surface area contributed by atoms with Crippen LogP contribution >= 0.6 is 27.5 Å². The molecule has 2 N–H and O–H groups in total. The summed E-state index contributed by atoms with van der Waals surface area (Å²) in [5.74, 6) is 0.722. The zero-order chi connectivity index (χ0) is 12.3. The summed E-state index contributed by atoms with van der Waals surface area (Å²) in [7, 11) is 0. The van der Waals surface area contributed by atoms with Crippen molar-refractivity contribution < 1.29 is 0 Å². The third-order valence-corrected chi connectivity index (χ3v) is 4.42. The van der Waals surface area contributed by atoms with Crippen LogP contribution in [0.15, 0.2) is 22.7 Å². The molecule has 0 spiro atoms. The van der Waals surface area contributed by atoms with Gasteiger partial charge in [0.2, 0.25) is 0 Å². The Kier molecular flexibility index (Phi) is 4.86. The standard InChI is InChI=1S/C13H18BrClN2/c14-13-7-12(15)2-1-11(13)9-17-5-3-10(8-16)4-6-17/h1-2,7,10H,3-6,8-9,16H2. The van der Waals surface area contributed by atoms with E-state index in [1.807, 2.05) is 12.1 Å². The number of nitrogens with zero attached hydrogens (tertiary/aromatic N) is 1. The van der Waals surface area contributed by atoms with Gasteiger partial charge in [0.1, 0.15) is 0 Å². The summed E-state index contributed by atoms with van der Waals surface area (Å²) >= 11 is 9.51. The molecule has 2 rings (SSSR count). The summed E-state index contributed by atoms with van der Waals surface area (Å²) in [6, 6.07) is 6.01. The number of nitrogens with two attached hydrogens (primary N) is 1. The van der Waals surface area contributed by atoms with Gasteiger partial charge in [-0.25, -0.2) is 0 Å². The van der Waals surface area contributed by atoms with E-state index < -0.39 is 0 Å². The average molecular weight is 318 g/mol. The summed E-state index contributed by atoms with van der Waals surface area (Å²) in [5, 5.41) is 0.780. The van der Waals surface area contributed by atoms with Crippen molar-refractivity contribution in [3.05, 3.63) is 33.3 Å². The average Bonchev–Trinajstić information content (AvgIpc) is 2.34. The minimum atomic E-state index is 0.722. The molecular formula is C13H18BrClN2. The van der Waals surface area contributed by atoms with Crippen LogP contribution < -0.4 is 5.73 Å². The van der Waals surface area contributed by atoms with Crippen molar-refractivity contribution in [3.8, 4) is 0 Å². The highest BCUT2D eigenvalue weighted by atomic mass is 79.9. The van der Waals surface area contributed by atoms with Crippen LogP contribution in [0, 0.1) is 5.92 Å². The van der Waals surface area contributed by atoms with Gasteiger partial charge in [-0.3, -0.25) is 4.90 Å². The Balaban J connectivity index is 1.93. The van der Waals surface area contributed by atoms with E-state index in [2.05, 4.69) is 26.9 Å². The summed E-state index contributed by atoms with van der Waals surface area (Å²) in [5.41, 5.74) is 7.01. The van der Waals surface area contributed by atoms with E-state index in [9.17, 15) is 0 Å². The molecule has 0 aliphatic carbocycles. The van der Waals surface area contributed by atoms with Gasteiger partial charge >= 0.3 is 0 Å². The van der Waals surface area contributed by atoms with Crippen LogP contribution in [-0.4, -0.2) is 24.5 Å². The second kappa shape index (κ2) is 6.19. The Morgan fingerprint density at radius 2 is 2.06 bits per heavy atom. The lowest BCUT2D eigenvalue weighted by Crippen LogP contribution is -2.35. The van der Waals surface area contributed by atoms with Crippen LogP contribution in [0.25, 0.3) is 0 Å². The van der Waals surface area contributed by atoms with Crippen molar-refractivity contribution in [1.82, 2.24) is 4.90 Å². The highest BCUT2D eigenvalue weighted by Gasteiger charge is 2.18. The van der Waals surface area contributed by atoms with Gasteiger partial charge in [0.05, 0.1) is 0 Å². The molecule has 0 aromatic heterocycles. The topological polar surface area (TPSA) is 29.3 Å². The molecule has 1 aliphatic rings. The first-order valence-electron chi connectivity index (χ1n) is 6.05. The zero-order valence-corrected chi connectivity index (χ0v) is 12.2. The molecule has 0 saturated carbocycles. The van der Waals surface area contributed by atoms with Crippen LogP contribution in [0.2, 0.25) is 5.02 Å². The number of rotatable bonds is 3. The summed E-state index contributed by atoms with van der Waals surface area (Å²) in [6.07, 6.45) is 2.45. The van der Waals surface area contributed by atoms with Gasteiger partial charge in [-0.1, -0.05) is 33.6 Å². The molecule has 1 aliphatic heterocycles. The Morgan fingerprint density at radius 3 is 2.65 bits per heavy atom. The number of hydrogen-bond acceptors (Lipinski definition) is 2. The maximum absolute atomic E-state index is 5.94. The van der Waals surface area contributed by atoms with Crippen LogP contribution in [0.4, 0.5) is 0 Å². The van der Waals surface area contributed by atoms with Crippen molar-refractivity contribution in [3.63, 3.8) is 0 Å². The van der Waals surface area contributed by atoms with E-state index in [0.717, 1.165) is 41.6 Å². The molecular weight excluding hydrogens is 300 g/mol. The fourth-order valence-electron chi connectivity index (χ4n) is 2.27. The third-order valence-electron chi connectivity index (χ3n) is 3.45. The molecule has 0 amide bonds. The normalized spacial score (nSPS) is 18.5. The Bertz CT molecular complexity index is 376. The lowest BCUT2D eigenvalue weighted by atomic mass is 9.97. The second-order valence-electron chi connectivity index (χ2n) is 4.69. The maximum Gasteiger partial charge on any atom is 0.0417 e. The van der Waals surface area contributed by atoms with Gasteiger partial charge < -0.3 is 5.73 Å². The molecule has 17 heavy (non-hydrogen) atoms. The summed E-state index contributed by atoms with van der Waals surface area (Å²) < 4.78 is 1.10. The smallest absolute Gasteiger partial charge is 0.0417 e. The monoisotopic (exact) mass is 316 g/mol. The molecule has 1 aromatic rings. The van der Waals surface area contributed by atoms with Crippen molar-refractivity contribution in [2.75, 3.05) is 19.6 Å². The van der Waals surface area contributed by atoms with Crippen LogP contribution in [0.3, 0.4) is 0 Å². The minimum Gasteiger partial charge on any atom is -0.330 e. The molecule has 0 bridgehead atoms. The predicted octanol–water partition coefficient (Wildman–Crippen LogP) is 3.27. The SMILES string of the molecule is NCC1CCN(Cc2ccc(Cl)cc2Br)CC1. The fraction of sp³-hybridized carbons (Fsp3) is 0.538. The lowest BCUT2D eigenvalue weighted by molar-refractivity contribution is 0.180. The van der Waals surface area contributed by atoms with E-state index in [1.54, 1.807) is 0 Å². The van der Waals surface area contributed by atoms with Crippen molar-refractivity contribution in [2.24, 2.45) is 11.7 Å². The van der Waals surface area contributed by atoms with Crippen LogP contribution in [0.1, 0.15) is 18.4 Å². The molecule has 1 aromatic carbocycles. The largest absolute Gasteiger partial charge is 0.330 e. The number of halogens is 2. The van der Waals surface area contributed by atoms with Gasteiger partial charge in [0.25, 0.3) is 0 Å². The van der Waals surface area contributed by atoms with Crippen LogP contribution in [0.5, 0.6) is 0 Å². The van der Waals surface area contributed by atoms with Crippen molar-refractivity contribution in [1.29, 1.82) is 0 Å². The highest BCUT2D eigenvalue weighted by molar-refractivity contribution is 9.10. The predicted molar refractivity (Wildman–Crippen MR) is 76.2 cm³/mol. The zero-order valence-electron chi connectivity index (χ0n) is 9.83. The first-order valence-corrected chi connectivity index (χ1v) is 7.22. The van der Waals surface area contributed by atoms with Gasteiger partial charge in [-0.2, -0.15) is 0 Å². The molecule has 2 nitrogen and oxygen atoms in total. The van der Waals surface area contributed by atoms with Crippen molar-refractivity contribution >= 4 is 27.5 Å². The first-order chi connectivity index (χ1) is 8.19. The quantitative estimate of drug-likeness (QED) is 0.927. The third kappa shape index (κ3) is 3.68. The van der Waals surface area contributed by atoms with E-state index in [-0.39, 0.29) is 0 Å². The highest BCUT2D eigenvalue weighted by Crippen LogP contribution is 2.24. The van der Waals surface area contributed by atoms with Crippen molar-refractivity contribution in [2.45, 2.75) is 19.4 Å². The molecule has 0 radical (unpaired) electrons. The molecule has 4 heteroatoms. The molecule has 1 fully saturated rings. The van der Waals surface area contributed by atoms with E-state index in [4.69, 9.17) is 17.3 Å². The Hall–Kier alpha value is -0.0900. The molecule has 1 heterocycles. The number of likely N-dealkylation sites (tertiary alicyclic amines) is 1. The van der Waals surface area contributed by atoms with Gasteiger partial charge in [0.15, 0.2) is 0 Å². The second-order valence-corrected chi connectivity index (χ2v) is 5.98. The number of hydrogen-bond donors (Lipinski definition) is 1. The number of benzene rings is 1. The molecule has 0 unspecified atom stereocenters. The lowest BCUT2D eigenvalue weighted by Gasteiger charge is -2.31. The summed E-state index contributed by atoms with van der Waals surface area (Å²) in [4.78, 5) is 2.49. The molecule has 0 atom stereocenters. The Morgan fingerprint density at radius 1 is 1.35 bits per heavy atom. The van der Waals surface area contributed by atoms with Gasteiger partial charge in [-0.15, -0.1) is 0 Å². The van der Waals surface area contributed by atoms with E-state index >= 15 is 0 Å². The minimum absolute atomic E-state index is 0.722. The fourth-order valence-corrected chi connectivity index (χ4v) is 3.08. The van der Waals surface area contributed by atoms with E-state index in [1.165, 1.54) is 18.4 Å².